The van der Waals surface area contributed by atoms with Crippen molar-refractivity contribution in [2.24, 2.45) is 5.10 Å². The first-order valence-electron chi connectivity index (χ1n) is 10.7. The quantitative estimate of drug-likeness (QED) is 0.319. The molecule has 3 rings (SSSR count). The van der Waals surface area contributed by atoms with Crippen LogP contribution in [0.3, 0.4) is 0 Å². The molecule has 0 spiro atoms. The molecule has 0 aliphatic carbocycles. The number of hydrogen-bond acceptors (Lipinski definition) is 7. The fourth-order valence-electron chi connectivity index (χ4n) is 3.04. The molecule has 184 valence electrons. The van der Waals surface area contributed by atoms with E-state index in [0.717, 1.165) is 5.56 Å². The van der Waals surface area contributed by atoms with Crippen LogP contribution >= 0.6 is 11.6 Å². The highest BCUT2D eigenvalue weighted by Gasteiger charge is 2.12. The van der Waals surface area contributed by atoms with Crippen LogP contribution in [0, 0.1) is 11.3 Å². The minimum Gasteiger partial charge on any atom is -0.493 e. The summed E-state index contributed by atoms with van der Waals surface area (Å²) < 4.78 is 16.2. The first-order valence-corrected chi connectivity index (χ1v) is 11.0. The van der Waals surface area contributed by atoms with E-state index in [9.17, 15) is 9.59 Å². The van der Waals surface area contributed by atoms with Crippen LogP contribution in [0.4, 0.5) is 0 Å². The van der Waals surface area contributed by atoms with Gasteiger partial charge >= 0.3 is 0 Å². The largest absolute Gasteiger partial charge is 0.493 e. The Morgan fingerprint density at radius 3 is 2.42 bits per heavy atom. The van der Waals surface area contributed by atoms with Crippen LogP contribution in [0.5, 0.6) is 17.2 Å². The Kier molecular flexibility index (Phi) is 9.26. The predicted octanol–water partition coefficient (Wildman–Crippen LogP) is 3.69. The second kappa shape index (κ2) is 12.8. The smallest absolute Gasteiger partial charge is 0.259 e. The number of rotatable bonds is 10. The van der Waals surface area contributed by atoms with Crippen LogP contribution in [0.2, 0.25) is 5.02 Å². The molecule has 0 bridgehead atoms. The van der Waals surface area contributed by atoms with Crippen molar-refractivity contribution in [1.82, 2.24) is 10.7 Å². The third kappa shape index (κ3) is 7.22. The van der Waals surface area contributed by atoms with E-state index in [1.165, 1.54) is 26.5 Å². The van der Waals surface area contributed by atoms with Crippen molar-refractivity contribution in [2.75, 3.05) is 20.8 Å². The van der Waals surface area contributed by atoms with E-state index in [4.69, 9.17) is 31.1 Å². The van der Waals surface area contributed by atoms with Crippen molar-refractivity contribution in [3.63, 3.8) is 0 Å². The van der Waals surface area contributed by atoms with Crippen LogP contribution in [0.15, 0.2) is 65.8 Å². The van der Waals surface area contributed by atoms with Gasteiger partial charge in [0.15, 0.2) is 11.5 Å². The van der Waals surface area contributed by atoms with Gasteiger partial charge < -0.3 is 19.5 Å². The molecular weight excluding hydrogens is 484 g/mol. The number of amides is 2. The zero-order valence-corrected chi connectivity index (χ0v) is 20.3. The summed E-state index contributed by atoms with van der Waals surface area (Å²) in [5, 5.41) is 15.8. The SMILES string of the molecule is COc1ccc(C(=O)NCC(=O)N/N=C/c2cc(Cl)ccc2OCc2ccc(C#N)cc2)cc1OC. The molecule has 0 aliphatic rings. The Labute approximate surface area is 213 Å². The number of nitrogens with zero attached hydrogens (tertiary/aromatic N) is 2. The lowest BCUT2D eigenvalue weighted by molar-refractivity contribution is -0.120. The monoisotopic (exact) mass is 506 g/mol. The molecule has 36 heavy (non-hydrogen) atoms. The first-order chi connectivity index (χ1) is 17.4. The van der Waals surface area contributed by atoms with Crippen molar-refractivity contribution in [3.05, 3.63) is 87.9 Å². The molecule has 10 heteroatoms. The highest BCUT2D eigenvalue weighted by molar-refractivity contribution is 6.30. The van der Waals surface area contributed by atoms with Gasteiger partial charge in [0.05, 0.1) is 38.6 Å². The molecule has 2 N–H and O–H groups in total. The molecule has 9 nitrogen and oxygen atoms in total. The van der Waals surface area contributed by atoms with E-state index >= 15 is 0 Å². The lowest BCUT2D eigenvalue weighted by Gasteiger charge is -2.10. The fourth-order valence-corrected chi connectivity index (χ4v) is 3.22. The maximum absolute atomic E-state index is 12.3. The maximum Gasteiger partial charge on any atom is 0.259 e. The topological polar surface area (TPSA) is 122 Å². The van der Waals surface area contributed by atoms with Crippen LogP contribution in [-0.4, -0.2) is 38.8 Å². The fraction of sp³-hybridized carbons (Fsp3) is 0.154. The summed E-state index contributed by atoms with van der Waals surface area (Å²) >= 11 is 6.09. The molecule has 3 aromatic rings. The summed E-state index contributed by atoms with van der Waals surface area (Å²) in [6, 6.07) is 18.8. The average molecular weight is 507 g/mol. The van der Waals surface area contributed by atoms with Gasteiger partial charge in [0.2, 0.25) is 0 Å². The molecule has 0 saturated heterocycles. The number of hydrogen-bond donors (Lipinski definition) is 2. The van der Waals surface area contributed by atoms with E-state index in [0.29, 0.717) is 39.0 Å². The minimum atomic E-state index is -0.526. The standard InChI is InChI=1S/C26H23ClN4O5/c1-34-23-9-7-19(12-24(23)35-2)26(33)29-15-25(32)31-30-14-20-11-21(27)8-10-22(20)36-16-18-5-3-17(13-28)4-6-18/h3-12,14H,15-16H2,1-2H3,(H,29,33)(H,31,32)/b30-14+. The summed E-state index contributed by atoms with van der Waals surface area (Å²) in [5.74, 6) is 0.411. The number of hydrazone groups is 1. The van der Waals surface area contributed by atoms with E-state index in [2.05, 4.69) is 21.9 Å². The Balaban J connectivity index is 1.55. The van der Waals surface area contributed by atoms with Gasteiger partial charge in [-0.2, -0.15) is 10.4 Å². The van der Waals surface area contributed by atoms with Gasteiger partial charge in [-0.15, -0.1) is 0 Å². The summed E-state index contributed by atoms with van der Waals surface area (Å²) in [7, 11) is 2.96. The number of methoxy groups -OCH3 is 2. The summed E-state index contributed by atoms with van der Waals surface area (Å²) in [6.07, 6.45) is 1.40. The molecule has 0 unspecified atom stereocenters. The van der Waals surface area contributed by atoms with Crippen molar-refractivity contribution in [3.8, 4) is 23.3 Å². The van der Waals surface area contributed by atoms with Crippen molar-refractivity contribution in [1.29, 1.82) is 5.26 Å². The van der Waals surface area contributed by atoms with Gasteiger partial charge in [-0.05, 0) is 54.1 Å². The zero-order valence-electron chi connectivity index (χ0n) is 19.6. The van der Waals surface area contributed by atoms with Gasteiger partial charge in [0, 0.05) is 16.1 Å². The number of nitrogens with one attached hydrogen (secondary N) is 2. The third-order valence-electron chi connectivity index (χ3n) is 4.90. The van der Waals surface area contributed by atoms with Crippen molar-refractivity contribution in [2.45, 2.75) is 6.61 Å². The summed E-state index contributed by atoms with van der Waals surface area (Å²) in [6.45, 7) is -0.0230. The average Bonchev–Trinajstić information content (AvgIpc) is 2.91. The highest BCUT2D eigenvalue weighted by Crippen LogP contribution is 2.27. The molecule has 2 amide bonds. The Hall–Kier alpha value is -4.55. The van der Waals surface area contributed by atoms with Gasteiger partial charge in [-0.3, -0.25) is 9.59 Å². The van der Waals surface area contributed by atoms with Crippen molar-refractivity contribution < 1.29 is 23.8 Å². The van der Waals surface area contributed by atoms with Crippen LogP contribution in [-0.2, 0) is 11.4 Å². The number of carbonyl (C=O) groups is 2. The highest BCUT2D eigenvalue weighted by atomic mass is 35.5. The number of nitriles is 1. The van der Waals surface area contributed by atoms with E-state index in [1.54, 1.807) is 54.6 Å². The first kappa shape index (κ1) is 26.1. The number of halogens is 1. The third-order valence-corrected chi connectivity index (χ3v) is 5.13. The van der Waals surface area contributed by atoms with Gasteiger partial charge in [-0.25, -0.2) is 5.43 Å². The summed E-state index contributed by atoms with van der Waals surface area (Å²) in [5.41, 5.74) is 4.66. The number of ether oxygens (including phenoxy) is 3. The molecular formula is C26H23ClN4O5. The van der Waals surface area contributed by atoms with E-state index < -0.39 is 11.8 Å². The Morgan fingerprint density at radius 1 is 1.00 bits per heavy atom. The van der Waals surface area contributed by atoms with Crippen LogP contribution in [0.25, 0.3) is 0 Å². The molecule has 0 atom stereocenters. The molecule has 0 radical (unpaired) electrons. The van der Waals surface area contributed by atoms with Crippen molar-refractivity contribution >= 4 is 29.6 Å². The van der Waals surface area contributed by atoms with E-state index in [-0.39, 0.29) is 13.2 Å². The molecule has 0 aromatic heterocycles. The lowest BCUT2D eigenvalue weighted by Crippen LogP contribution is -2.34. The number of benzene rings is 3. The second-order valence-electron chi connectivity index (χ2n) is 7.33. The van der Waals surface area contributed by atoms with E-state index in [1.807, 2.05) is 0 Å². The molecule has 3 aromatic carbocycles. The molecule has 0 fully saturated rings. The van der Waals surface area contributed by atoms with Crippen LogP contribution < -0.4 is 25.0 Å². The maximum atomic E-state index is 12.3. The molecule has 0 saturated carbocycles. The Morgan fingerprint density at radius 2 is 1.72 bits per heavy atom. The Bertz CT molecular complexity index is 1300. The predicted molar refractivity (Wildman–Crippen MR) is 135 cm³/mol. The van der Waals surface area contributed by atoms with Gasteiger partial charge in [-0.1, -0.05) is 23.7 Å². The van der Waals surface area contributed by atoms with Gasteiger partial charge in [0.1, 0.15) is 12.4 Å². The van der Waals surface area contributed by atoms with Crippen LogP contribution in [0.1, 0.15) is 27.0 Å². The zero-order chi connectivity index (χ0) is 25.9. The second-order valence-corrected chi connectivity index (χ2v) is 7.76. The molecule has 0 aliphatic heterocycles. The normalized spacial score (nSPS) is 10.4. The molecule has 0 heterocycles. The van der Waals surface area contributed by atoms with Gasteiger partial charge in [0.25, 0.3) is 11.8 Å². The summed E-state index contributed by atoms with van der Waals surface area (Å²) in [4.78, 5) is 24.5. The minimum absolute atomic E-state index is 0.267. The lowest BCUT2D eigenvalue weighted by atomic mass is 10.1. The number of carbonyl (C=O) groups excluding carboxylic acids is 2.